The van der Waals surface area contributed by atoms with Crippen molar-refractivity contribution in [2.75, 3.05) is 7.11 Å². The van der Waals surface area contributed by atoms with Crippen molar-refractivity contribution in [1.82, 2.24) is 0 Å². The van der Waals surface area contributed by atoms with Crippen molar-refractivity contribution in [3.63, 3.8) is 0 Å². The van der Waals surface area contributed by atoms with E-state index in [1.807, 2.05) is 0 Å². The van der Waals surface area contributed by atoms with Crippen LogP contribution in [0.1, 0.15) is 35.4 Å². The second-order valence-corrected chi connectivity index (χ2v) is 3.85. The molecular weight excluding hydrogens is 248 g/mol. The fourth-order valence-electron chi connectivity index (χ4n) is 1.42. The number of methoxy groups -OCH3 is 1. The van der Waals surface area contributed by atoms with Crippen LogP contribution >= 0.6 is 0 Å². The van der Waals surface area contributed by atoms with E-state index in [-0.39, 0.29) is 0 Å². The molecule has 0 radical (unpaired) electrons. The molecule has 1 unspecified atom stereocenters. The highest BCUT2D eigenvalue weighted by atomic mass is 16.5. The lowest BCUT2D eigenvalue weighted by Crippen LogP contribution is -2.02. The number of hydrogen-bond acceptors (Lipinski definition) is 5. The molecule has 0 saturated carbocycles. The van der Waals surface area contributed by atoms with E-state index in [0.29, 0.717) is 17.5 Å². The summed E-state index contributed by atoms with van der Waals surface area (Å²) in [6, 6.07) is 6.47. The van der Waals surface area contributed by atoms with Gasteiger partial charge in [-0.25, -0.2) is 4.79 Å². The van der Waals surface area contributed by atoms with Gasteiger partial charge in [-0.15, -0.1) is 0 Å². The molecule has 0 heterocycles. The van der Waals surface area contributed by atoms with E-state index in [0.717, 1.165) is 0 Å². The maximum absolute atomic E-state index is 11.2. The van der Waals surface area contributed by atoms with Gasteiger partial charge < -0.3 is 14.6 Å². The van der Waals surface area contributed by atoms with Gasteiger partial charge in [-0.1, -0.05) is 12.1 Å². The predicted molar refractivity (Wildman–Crippen MR) is 68.3 cm³/mol. The Hall–Kier alpha value is -2.14. The smallest absolute Gasteiger partial charge is 0.337 e. The zero-order valence-electron chi connectivity index (χ0n) is 10.8. The summed E-state index contributed by atoms with van der Waals surface area (Å²) >= 11 is 0. The van der Waals surface area contributed by atoms with Crippen LogP contribution in [0.15, 0.2) is 36.6 Å². The number of ether oxygens (including phenoxy) is 2. The van der Waals surface area contributed by atoms with Crippen LogP contribution < -0.4 is 0 Å². The number of aliphatic hydroxyl groups excluding tert-OH is 1. The van der Waals surface area contributed by atoms with Crippen molar-refractivity contribution in [1.29, 1.82) is 0 Å². The maximum Gasteiger partial charge on any atom is 0.337 e. The molecule has 0 aliphatic carbocycles. The van der Waals surface area contributed by atoms with E-state index in [4.69, 9.17) is 0 Å². The summed E-state index contributed by atoms with van der Waals surface area (Å²) in [6.07, 6.45) is 2.39. The van der Waals surface area contributed by atoms with Crippen LogP contribution in [0.25, 0.3) is 0 Å². The highest BCUT2D eigenvalue weighted by Crippen LogP contribution is 2.18. The Bertz CT molecular complexity index is 461. The minimum Gasteiger partial charge on any atom is -0.465 e. The molecule has 0 aromatic heterocycles. The second kappa shape index (κ2) is 7.33. The molecule has 0 aliphatic rings. The summed E-state index contributed by atoms with van der Waals surface area (Å²) in [7, 11) is 1.31. The molecule has 1 aromatic rings. The molecule has 0 amide bonds. The van der Waals surface area contributed by atoms with Crippen LogP contribution in [0, 0.1) is 0 Å². The molecule has 19 heavy (non-hydrogen) atoms. The van der Waals surface area contributed by atoms with Crippen LogP contribution in [0.2, 0.25) is 0 Å². The number of benzene rings is 1. The minimum absolute atomic E-state index is 0.310. The Labute approximate surface area is 111 Å². The largest absolute Gasteiger partial charge is 0.465 e. The summed E-state index contributed by atoms with van der Waals surface area (Å²) in [6.45, 7) is 1.30. The molecule has 5 nitrogen and oxygen atoms in total. The monoisotopic (exact) mass is 264 g/mol. The Balaban J connectivity index is 2.58. The average Bonchev–Trinajstić information content (AvgIpc) is 2.42. The van der Waals surface area contributed by atoms with Gasteiger partial charge in [0.1, 0.15) is 0 Å². The first-order valence-corrected chi connectivity index (χ1v) is 5.73. The zero-order chi connectivity index (χ0) is 14.3. The summed E-state index contributed by atoms with van der Waals surface area (Å²) in [5.41, 5.74) is 1.09. The summed E-state index contributed by atoms with van der Waals surface area (Å²) in [5, 5.41) is 9.86. The minimum atomic E-state index is -0.724. The van der Waals surface area contributed by atoms with Crippen molar-refractivity contribution in [2.24, 2.45) is 0 Å². The standard InChI is InChI=1S/C14H16O5/c1-10(15)19-9-3-4-13(16)11-5-7-12(8-6-11)14(17)18-2/h3,5-9,13,16H,4H2,1-2H3/b9-3-. The highest BCUT2D eigenvalue weighted by Gasteiger charge is 2.08. The van der Waals surface area contributed by atoms with Gasteiger partial charge in [0.2, 0.25) is 0 Å². The van der Waals surface area contributed by atoms with Crippen molar-refractivity contribution in [3.8, 4) is 0 Å². The van der Waals surface area contributed by atoms with E-state index in [9.17, 15) is 14.7 Å². The first-order valence-electron chi connectivity index (χ1n) is 5.73. The molecule has 0 fully saturated rings. The third-order valence-electron chi connectivity index (χ3n) is 2.41. The van der Waals surface area contributed by atoms with Crippen molar-refractivity contribution < 1.29 is 24.2 Å². The van der Waals surface area contributed by atoms with Gasteiger partial charge in [0, 0.05) is 6.92 Å². The van der Waals surface area contributed by atoms with Gasteiger partial charge >= 0.3 is 11.9 Å². The lowest BCUT2D eigenvalue weighted by molar-refractivity contribution is -0.135. The Morgan fingerprint density at radius 3 is 2.47 bits per heavy atom. The molecule has 1 aromatic carbocycles. The van der Waals surface area contributed by atoms with Gasteiger partial charge in [-0.05, 0) is 30.2 Å². The molecule has 0 aliphatic heterocycles. The molecule has 1 rings (SSSR count). The quantitative estimate of drug-likeness (QED) is 0.650. The van der Waals surface area contributed by atoms with E-state index in [1.165, 1.54) is 20.3 Å². The highest BCUT2D eigenvalue weighted by molar-refractivity contribution is 5.89. The van der Waals surface area contributed by atoms with Gasteiger partial charge in [0.25, 0.3) is 0 Å². The van der Waals surface area contributed by atoms with Crippen LogP contribution in [-0.2, 0) is 14.3 Å². The van der Waals surface area contributed by atoms with Crippen LogP contribution in [-0.4, -0.2) is 24.2 Å². The van der Waals surface area contributed by atoms with E-state index in [2.05, 4.69) is 9.47 Å². The van der Waals surface area contributed by atoms with E-state index in [1.54, 1.807) is 30.3 Å². The molecule has 0 saturated heterocycles. The Kier molecular flexibility index (Phi) is 5.75. The van der Waals surface area contributed by atoms with Crippen LogP contribution in [0.4, 0.5) is 0 Å². The first-order chi connectivity index (χ1) is 9.04. The summed E-state index contributed by atoms with van der Waals surface area (Å²) in [5.74, 6) is -0.830. The van der Waals surface area contributed by atoms with Crippen LogP contribution in [0.5, 0.6) is 0 Å². The van der Waals surface area contributed by atoms with E-state index < -0.39 is 18.0 Å². The number of carbonyl (C=O) groups excluding carboxylic acids is 2. The molecule has 0 spiro atoms. The zero-order valence-corrected chi connectivity index (χ0v) is 10.8. The second-order valence-electron chi connectivity index (χ2n) is 3.85. The lowest BCUT2D eigenvalue weighted by atomic mass is 10.0. The van der Waals surface area contributed by atoms with Gasteiger partial charge in [-0.3, -0.25) is 4.79 Å². The first kappa shape index (κ1) is 14.9. The van der Waals surface area contributed by atoms with Crippen LogP contribution in [0.3, 0.4) is 0 Å². The summed E-state index contributed by atoms with van der Waals surface area (Å²) < 4.78 is 9.18. The fraction of sp³-hybridized carbons (Fsp3) is 0.286. The third kappa shape index (κ3) is 4.93. The fourth-order valence-corrected chi connectivity index (χ4v) is 1.42. The van der Waals surface area contributed by atoms with Crippen molar-refractivity contribution >= 4 is 11.9 Å². The summed E-state index contributed by atoms with van der Waals surface area (Å²) in [4.78, 5) is 21.7. The lowest BCUT2D eigenvalue weighted by Gasteiger charge is -2.08. The topological polar surface area (TPSA) is 72.8 Å². The van der Waals surface area contributed by atoms with E-state index >= 15 is 0 Å². The molecular formula is C14H16O5. The van der Waals surface area contributed by atoms with Crippen molar-refractivity contribution in [2.45, 2.75) is 19.4 Å². The normalized spacial score (nSPS) is 12.2. The Morgan fingerprint density at radius 2 is 1.95 bits per heavy atom. The molecule has 102 valence electrons. The Morgan fingerprint density at radius 1 is 1.32 bits per heavy atom. The van der Waals surface area contributed by atoms with Gasteiger partial charge in [0.15, 0.2) is 0 Å². The van der Waals surface area contributed by atoms with Crippen molar-refractivity contribution in [3.05, 3.63) is 47.7 Å². The molecule has 0 bridgehead atoms. The molecule has 5 heteroatoms. The number of carbonyl (C=O) groups is 2. The van der Waals surface area contributed by atoms with Gasteiger partial charge in [0.05, 0.1) is 25.0 Å². The van der Waals surface area contributed by atoms with Gasteiger partial charge in [-0.2, -0.15) is 0 Å². The number of hydrogen-bond donors (Lipinski definition) is 1. The number of aliphatic hydroxyl groups is 1. The maximum atomic E-state index is 11.2. The third-order valence-corrected chi connectivity index (χ3v) is 2.41. The number of esters is 2. The molecule has 1 N–H and O–H groups in total. The SMILES string of the molecule is COC(=O)c1ccc(C(O)C/C=C\OC(C)=O)cc1. The predicted octanol–water partition coefficient (Wildman–Crippen LogP) is 1.97. The molecule has 1 atom stereocenters. The number of rotatable bonds is 5. The average molecular weight is 264 g/mol.